The van der Waals surface area contributed by atoms with E-state index in [-0.39, 0.29) is 17.8 Å². The topological polar surface area (TPSA) is 74.7 Å². The number of nitrogens with zero attached hydrogens (tertiary/aromatic N) is 1. The lowest BCUT2D eigenvalue weighted by Gasteiger charge is -2.22. The zero-order valence-electron chi connectivity index (χ0n) is 12.8. The van der Waals surface area contributed by atoms with Crippen LogP contribution in [0.25, 0.3) is 0 Å². The number of rotatable bonds is 4. The van der Waals surface area contributed by atoms with Gasteiger partial charge < -0.3 is 5.11 Å². The van der Waals surface area contributed by atoms with Crippen LogP contribution in [0.2, 0.25) is 0 Å². The lowest BCUT2D eigenvalue weighted by Crippen LogP contribution is -2.38. The monoisotopic (exact) mass is 323 g/mol. The highest BCUT2D eigenvalue weighted by molar-refractivity contribution is 7.88. The second-order valence-corrected chi connectivity index (χ2v) is 8.36. The summed E-state index contributed by atoms with van der Waals surface area (Å²) in [6.07, 6.45) is 1.89. The molecular weight excluding hydrogens is 302 g/mol. The molecule has 0 aromatic heterocycles. The van der Waals surface area contributed by atoms with Gasteiger partial charge in [-0.25, -0.2) is 8.42 Å². The van der Waals surface area contributed by atoms with Crippen LogP contribution in [0.3, 0.4) is 0 Å². The minimum Gasteiger partial charge on any atom is -0.481 e. The minimum absolute atomic E-state index is 0.0482. The first-order valence-corrected chi connectivity index (χ1v) is 9.20. The molecule has 2 heterocycles. The van der Waals surface area contributed by atoms with E-state index in [1.807, 2.05) is 32.0 Å². The first kappa shape index (κ1) is 15.5. The standard InChI is InChI=1S/C16H21NO4S/c1-10-3-4-12(7-11(10)2)9-22(20,21)17-13-5-6-15(17)14(8-13)16(18)19/h3-4,7,13-15H,5-6,8-9H2,1-2H3,(H,18,19). The third-order valence-corrected chi connectivity index (χ3v) is 6.94. The zero-order valence-corrected chi connectivity index (χ0v) is 13.6. The Morgan fingerprint density at radius 3 is 2.59 bits per heavy atom. The molecule has 3 atom stereocenters. The van der Waals surface area contributed by atoms with E-state index in [2.05, 4.69) is 0 Å². The number of carboxylic acid groups (broad SMARTS) is 1. The number of carbonyl (C=O) groups is 1. The number of carboxylic acids is 1. The second-order valence-electron chi connectivity index (χ2n) is 6.48. The van der Waals surface area contributed by atoms with Gasteiger partial charge in [0.1, 0.15) is 0 Å². The van der Waals surface area contributed by atoms with Crippen molar-refractivity contribution in [3.05, 3.63) is 34.9 Å². The van der Waals surface area contributed by atoms with Crippen molar-refractivity contribution in [2.24, 2.45) is 5.92 Å². The normalized spacial score (nSPS) is 28.2. The first-order chi connectivity index (χ1) is 10.3. The molecule has 6 heteroatoms. The number of benzene rings is 1. The molecule has 2 saturated heterocycles. The molecule has 5 nitrogen and oxygen atoms in total. The van der Waals surface area contributed by atoms with E-state index in [1.54, 1.807) is 0 Å². The molecule has 0 saturated carbocycles. The maximum absolute atomic E-state index is 12.8. The highest BCUT2D eigenvalue weighted by Crippen LogP contribution is 2.44. The summed E-state index contributed by atoms with van der Waals surface area (Å²) < 4.78 is 27.0. The summed E-state index contributed by atoms with van der Waals surface area (Å²) in [4.78, 5) is 11.3. The molecule has 2 aliphatic heterocycles. The molecule has 3 unspecified atom stereocenters. The lowest BCUT2D eigenvalue weighted by atomic mass is 9.89. The minimum atomic E-state index is -3.47. The van der Waals surface area contributed by atoms with Crippen LogP contribution < -0.4 is 0 Å². The third-order valence-electron chi connectivity index (χ3n) is 5.03. The van der Waals surface area contributed by atoms with E-state index in [0.29, 0.717) is 12.8 Å². The molecule has 2 bridgehead atoms. The van der Waals surface area contributed by atoms with E-state index in [4.69, 9.17) is 0 Å². The Morgan fingerprint density at radius 2 is 2.00 bits per heavy atom. The van der Waals surface area contributed by atoms with Gasteiger partial charge in [-0.15, -0.1) is 0 Å². The summed E-state index contributed by atoms with van der Waals surface area (Å²) in [6, 6.07) is 5.17. The number of hydrogen-bond acceptors (Lipinski definition) is 3. The van der Waals surface area contributed by atoms with Crippen molar-refractivity contribution in [3.8, 4) is 0 Å². The van der Waals surface area contributed by atoms with Crippen LogP contribution in [-0.4, -0.2) is 35.9 Å². The predicted molar refractivity (Wildman–Crippen MR) is 82.9 cm³/mol. The fraction of sp³-hybridized carbons (Fsp3) is 0.562. The Hall–Kier alpha value is -1.40. The Labute approximate surface area is 131 Å². The SMILES string of the molecule is Cc1ccc(CS(=O)(=O)N2C3CCC2C(C(=O)O)C3)cc1C. The Bertz CT molecular complexity index is 713. The largest absolute Gasteiger partial charge is 0.481 e. The van der Waals surface area contributed by atoms with Crippen molar-refractivity contribution in [1.82, 2.24) is 4.31 Å². The summed E-state index contributed by atoms with van der Waals surface area (Å²) in [5.41, 5.74) is 2.97. The molecular formula is C16H21NO4S. The summed E-state index contributed by atoms with van der Waals surface area (Å²) in [7, 11) is -3.47. The van der Waals surface area contributed by atoms with Gasteiger partial charge in [-0.05, 0) is 49.8 Å². The van der Waals surface area contributed by atoms with Crippen LogP contribution in [0.15, 0.2) is 18.2 Å². The highest BCUT2D eigenvalue weighted by atomic mass is 32.2. The molecule has 0 amide bonds. The number of sulfonamides is 1. The van der Waals surface area contributed by atoms with Crippen LogP contribution in [-0.2, 0) is 20.6 Å². The van der Waals surface area contributed by atoms with Gasteiger partial charge in [-0.3, -0.25) is 4.79 Å². The lowest BCUT2D eigenvalue weighted by molar-refractivity contribution is -0.142. The van der Waals surface area contributed by atoms with E-state index in [0.717, 1.165) is 23.1 Å². The van der Waals surface area contributed by atoms with Crippen molar-refractivity contribution in [2.45, 2.75) is 50.9 Å². The third kappa shape index (κ3) is 2.54. The molecule has 3 rings (SSSR count). The van der Waals surface area contributed by atoms with Crippen LogP contribution in [0.1, 0.15) is 36.0 Å². The molecule has 2 fully saturated rings. The van der Waals surface area contributed by atoms with Gasteiger partial charge in [0, 0.05) is 12.1 Å². The van der Waals surface area contributed by atoms with Gasteiger partial charge in [0.05, 0.1) is 11.7 Å². The van der Waals surface area contributed by atoms with Gasteiger partial charge in [0.25, 0.3) is 0 Å². The van der Waals surface area contributed by atoms with Gasteiger partial charge in [0.15, 0.2) is 0 Å². The summed E-state index contributed by atoms with van der Waals surface area (Å²) in [5.74, 6) is -1.47. The van der Waals surface area contributed by atoms with E-state index < -0.39 is 21.9 Å². The van der Waals surface area contributed by atoms with E-state index in [1.165, 1.54) is 4.31 Å². The summed E-state index contributed by atoms with van der Waals surface area (Å²) >= 11 is 0. The Balaban J connectivity index is 1.84. The van der Waals surface area contributed by atoms with Gasteiger partial charge in [-0.1, -0.05) is 18.2 Å². The van der Waals surface area contributed by atoms with Gasteiger partial charge >= 0.3 is 5.97 Å². The number of fused-ring (bicyclic) bond motifs is 2. The molecule has 1 aromatic rings. The average molecular weight is 323 g/mol. The first-order valence-electron chi connectivity index (χ1n) is 7.60. The molecule has 22 heavy (non-hydrogen) atoms. The Morgan fingerprint density at radius 1 is 1.27 bits per heavy atom. The highest BCUT2D eigenvalue weighted by Gasteiger charge is 2.53. The van der Waals surface area contributed by atoms with Crippen molar-refractivity contribution >= 4 is 16.0 Å². The van der Waals surface area contributed by atoms with Crippen LogP contribution in [0, 0.1) is 19.8 Å². The van der Waals surface area contributed by atoms with Gasteiger partial charge in [0.2, 0.25) is 10.0 Å². The quantitative estimate of drug-likeness (QED) is 0.920. The van der Waals surface area contributed by atoms with Crippen molar-refractivity contribution < 1.29 is 18.3 Å². The molecule has 0 radical (unpaired) electrons. The predicted octanol–water partition coefficient (Wildman–Crippen LogP) is 2.07. The molecule has 1 aromatic carbocycles. The summed E-state index contributed by atoms with van der Waals surface area (Å²) in [5, 5.41) is 9.25. The second kappa shape index (κ2) is 5.35. The number of aliphatic carboxylic acids is 1. The number of aryl methyl sites for hydroxylation is 2. The number of hydrogen-bond donors (Lipinski definition) is 1. The van der Waals surface area contributed by atoms with Crippen LogP contribution >= 0.6 is 0 Å². The van der Waals surface area contributed by atoms with Crippen LogP contribution in [0.5, 0.6) is 0 Å². The maximum Gasteiger partial charge on any atom is 0.308 e. The molecule has 1 N–H and O–H groups in total. The molecule has 0 aliphatic carbocycles. The summed E-state index contributed by atoms with van der Waals surface area (Å²) in [6.45, 7) is 3.96. The molecule has 2 aliphatic rings. The molecule has 120 valence electrons. The smallest absolute Gasteiger partial charge is 0.308 e. The van der Waals surface area contributed by atoms with Crippen molar-refractivity contribution in [3.63, 3.8) is 0 Å². The fourth-order valence-electron chi connectivity index (χ4n) is 3.82. The van der Waals surface area contributed by atoms with Crippen molar-refractivity contribution in [2.75, 3.05) is 0 Å². The van der Waals surface area contributed by atoms with Crippen molar-refractivity contribution in [1.29, 1.82) is 0 Å². The average Bonchev–Trinajstić information content (AvgIpc) is 3.01. The Kier molecular flexibility index (Phi) is 3.77. The van der Waals surface area contributed by atoms with E-state index in [9.17, 15) is 18.3 Å². The van der Waals surface area contributed by atoms with E-state index >= 15 is 0 Å². The fourth-order valence-corrected chi connectivity index (χ4v) is 5.88. The molecule has 0 spiro atoms. The zero-order chi connectivity index (χ0) is 16.1. The maximum atomic E-state index is 12.8. The van der Waals surface area contributed by atoms with Crippen LogP contribution in [0.4, 0.5) is 0 Å². The van der Waals surface area contributed by atoms with Gasteiger partial charge in [-0.2, -0.15) is 4.31 Å².